The summed E-state index contributed by atoms with van der Waals surface area (Å²) in [4.78, 5) is 3.52. The zero-order valence-corrected chi connectivity index (χ0v) is 14.3. The van der Waals surface area contributed by atoms with Crippen LogP contribution in [0.25, 0.3) is 5.69 Å². The van der Waals surface area contributed by atoms with Gasteiger partial charge in [0, 0.05) is 19.2 Å². The second kappa shape index (κ2) is 7.49. The van der Waals surface area contributed by atoms with E-state index in [-0.39, 0.29) is 0 Å². The second-order valence-electron chi connectivity index (χ2n) is 5.47. The van der Waals surface area contributed by atoms with Crippen molar-refractivity contribution in [1.29, 1.82) is 5.26 Å². The first-order chi connectivity index (χ1) is 12.2. The maximum atomic E-state index is 9.47. The lowest BCUT2D eigenvalue weighted by atomic mass is 10.2. The fourth-order valence-corrected chi connectivity index (χ4v) is 2.57. The molecule has 25 heavy (non-hydrogen) atoms. The Kier molecular flexibility index (Phi) is 4.95. The molecule has 3 rings (SSSR count). The van der Waals surface area contributed by atoms with Crippen LogP contribution in [-0.2, 0) is 6.54 Å². The van der Waals surface area contributed by atoms with E-state index in [0.717, 1.165) is 17.8 Å². The van der Waals surface area contributed by atoms with Crippen LogP contribution in [0.3, 0.4) is 0 Å². The van der Waals surface area contributed by atoms with Crippen LogP contribution in [0.1, 0.15) is 18.2 Å². The van der Waals surface area contributed by atoms with Crippen molar-refractivity contribution >= 4 is 5.82 Å². The third kappa shape index (κ3) is 3.61. The maximum Gasteiger partial charge on any atom is 0.207 e. The molecule has 0 unspecified atom stereocenters. The SMILES string of the molecule is CCN(Cc1ccccc1)c1nn(-c2cccc(OC)c2)nc1C#N. The smallest absolute Gasteiger partial charge is 0.207 e. The number of nitrogens with zero attached hydrogens (tertiary/aromatic N) is 5. The molecule has 0 aliphatic heterocycles. The molecule has 0 atom stereocenters. The molecule has 1 heterocycles. The summed E-state index contributed by atoms with van der Waals surface area (Å²) in [6, 6.07) is 19.7. The molecular formula is C19H19N5O. The summed E-state index contributed by atoms with van der Waals surface area (Å²) in [6.07, 6.45) is 0. The predicted octanol–water partition coefficient (Wildman–Crippen LogP) is 3.17. The lowest BCUT2D eigenvalue weighted by molar-refractivity contribution is 0.414. The number of rotatable bonds is 6. The van der Waals surface area contributed by atoms with Crippen LogP contribution in [0, 0.1) is 11.3 Å². The van der Waals surface area contributed by atoms with Crippen molar-refractivity contribution in [3.05, 3.63) is 65.9 Å². The quantitative estimate of drug-likeness (QED) is 0.693. The Balaban J connectivity index is 1.95. The average Bonchev–Trinajstić information content (AvgIpc) is 3.11. The van der Waals surface area contributed by atoms with Gasteiger partial charge in [-0.25, -0.2) is 0 Å². The van der Waals surface area contributed by atoms with Crippen LogP contribution in [-0.4, -0.2) is 28.6 Å². The largest absolute Gasteiger partial charge is 0.497 e. The highest BCUT2D eigenvalue weighted by molar-refractivity contribution is 5.51. The summed E-state index contributed by atoms with van der Waals surface area (Å²) in [7, 11) is 1.61. The zero-order valence-electron chi connectivity index (χ0n) is 14.3. The molecule has 0 bridgehead atoms. The molecular weight excluding hydrogens is 314 g/mol. The molecule has 1 aromatic heterocycles. The highest BCUT2D eigenvalue weighted by Crippen LogP contribution is 2.21. The van der Waals surface area contributed by atoms with Crippen molar-refractivity contribution in [3.8, 4) is 17.5 Å². The van der Waals surface area contributed by atoms with Crippen molar-refractivity contribution < 1.29 is 4.74 Å². The minimum atomic E-state index is 0.306. The van der Waals surface area contributed by atoms with Crippen molar-refractivity contribution in [2.24, 2.45) is 0 Å². The topological polar surface area (TPSA) is 67.0 Å². The Bertz CT molecular complexity index is 882. The minimum Gasteiger partial charge on any atom is -0.497 e. The van der Waals surface area contributed by atoms with Crippen LogP contribution in [0.5, 0.6) is 5.75 Å². The van der Waals surface area contributed by atoms with Gasteiger partial charge in [0.15, 0.2) is 5.82 Å². The van der Waals surface area contributed by atoms with E-state index in [1.54, 1.807) is 7.11 Å². The number of methoxy groups -OCH3 is 1. The Morgan fingerprint density at radius 2 is 1.92 bits per heavy atom. The average molecular weight is 333 g/mol. The van der Waals surface area contributed by atoms with Gasteiger partial charge in [-0.3, -0.25) is 0 Å². The fraction of sp³-hybridized carbons (Fsp3) is 0.211. The van der Waals surface area contributed by atoms with Crippen LogP contribution >= 0.6 is 0 Å². The molecule has 0 fully saturated rings. The van der Waals surface area contributed by atoms with Gasteiger partial charge in [-0.15, -0.1) is 15.0 Å². The number of hydrogen-bond acceptors (Lipinski definition) is 5. The van der Waals surface area contributed by atoms with Gasteiger partial charge in [-0.1, -0.05) is 36.4 Å². The van der Waals surface area contributed by atoms with Crippen molar-refractivity contribution in [2.45, 2.75) is 13.5 Å². The zero-order chi connectivity index (χ0) is 17.6. The lowest BCUT2D eigenvalue weighted by Gasteiger charge is -2.20. The Morgan fingerprint density at radius 1 is 1.12 bits per heavy atom. The Morgan fingerprint density at radius 3 is 2.60 bits per heavy atom. The molecule has 0 aliphatic carbocycles. The van der Waals surface area contributed by atoms with Gasteiger partial charge in [-0.05, 0) is 24.6 Å². The molecule has 0 amide bonds. The van der Waals surface area contributed by atoms with Gasteiger partial charge >= 0.3 is 0 Å². The molecule has 0 aliphatic rings. The van der Waals surface area contributed by atoms with Crippen molar-refractivity contribution in [1.82, 2.24) is 15.0 Å². The van der Waals surface area contributed by atoms with Gasteiger partial charge in [0.2, 0.25) is 5.69 Å². The Hall–Kier alpha value is -3.33. The van der Waals surface area contributed by atoms with Crippen LogP contribution in [0.15, 0.2) is 54.6 Å². The van der Waals surface area contributed by atoms with Gasteiger partial charge in [0.1, 0.15) is 11.8 Å². The van der Waals surface area contributed by atoms with E-state index in [2.05, 4.69) is 28.4 Å². The van der Waals surface area contributed by atoms with E-state index in [4.69, 9.17) is 4.74 Å². The predicted molar refractivity (Wildman–Crippen MR) is 95.8 cm³/mol. The number of anilines is 1. The number of ether oxygens (including phenoxy) is 1. The van der Waals surface area contributed by atoms with Gasteiger partial charge in [0.25, 0.3) is 0 Å². The van der Waals surface area contributed by atoms with Gasteiger partial charge < -0.3 is 9.64 Å². The van der Waals surface area contributed by atoms with E-state index in [1.807, 2.05) is 54.3 Å². The van der Waals surface area contributed by atoms with E-state index in [0.29, 0.717) is 23.8 Å². The lowest BCUT2D eigenvalue weighted by Crippen LogP contribution is -2.23. The fourth-order valence-electron chi connectivity index (χ4n) is 2.57. The highest BCUT2D eigenvalue weighted by atomic mass is 16.5. The molecule has 0 N–H and O–H groups in total. The molecule has 6 nitrogen and oxygen atoms in total. The van der Waals surface area contributed by atoms with Gasteiger partial charge in [0.05, 0.1) is 12.8 Å². The van der Waals surface area contributed by atoms with Crippen LogP contribution in [0.4, 0.5) is 5.82 Å². The molecule has 2 aromatic carbocycles. The molecule has 0 spiro atoms. The summed E-state index contributed by atoms with van der Waals surface area (Å²) in [6.45, 7) is 3.43. The summed E-state index contributed by atoms with van der Waals surface area (Å²) in [5.41, 5.74) is 2.21. The molecule has 0 radical (unpaired) electrons. The van der Waals surface area contributed by atoms with Crippen molar-refractivity contribution in [3.63, 3.8) is 0 Å². The first kappa shape index (κ1) is 16.5. The van der Waals surface area contributed by atoms with E-state index in [1.165, 1.54) is 4.80 Å². The summed E-state index contributed by atoms with van der Waals surface area (Å²) >= 11 is 0. The second-order valence-corrected chi connectivity index (χ2v) is 5.47. The molecule has 126 valence electrons. The Labute approximate surface area is 146 Å². The van der Waals surface area contributed by atoms with Crippen molar-refractivity contribution in [2.75, 3.05) is 18.6 Å². The summed E-state index contributed by atoms with van der Waals surface area (Å²) in [5, 5.41) is 18.4. The normalized spacial score (nSPS) is 10.3. The number of aromatic nitrogens is 3. The summed E-state index contributed by atoms with van der Waals surface area (Å²) in [5.74, 6) is 1.29. The third-order valence-corrected chi connectivity index (χ3v) is 3.88. The van der Waals surface area contributed by atoms with Crippen LogP contribution < -0.4 is 9.64 Å². The third-order valence-electron chi connectivity index (χ3n) is 3.88. The molecule has 0 saturated carbocycles. The molecule has 3 aromatic rings. The molecule has 6 heteroatoms. The van der Waals surface area contributed by atoms with Gasteiger partial charge in [-0.2, -0.15) is 5.26 Å². The van der Waals surface area contributed by atoms with Crippen LogP contribution in [0.2, 0.25) is 0 Å². The minimum absolute atomic E-state index is 0.306. The monoisotopic (exact) mass is 333 g/mol. The number of nitriles is 1. The standard InChI is InChI=1S/C19H19N5O/c1-3-23(14-15-8-5-4-6-9-15)19-18(13-20)21-24(22-19)16-10-7-11-17(12-16)25-2/h4-12H,3,14H2,1-2H3. The van der Waals surface area contributed by atoms with E-state index in [9.17, 15) is 5.26 Å². The maximum absolute atomic E-state index is 9.47. The summed E-state index contributed by atoms with van der Waals surface area (Å²) < 4.78 is 5.24. The first-order valence-electron chi connectivity index (χ1n) is 8.06. The first-order valence-corrected chi connectivity index (χ1v) is 8.06. The number of hydrogen-bond donors (Lipinski definition) is 0. The highest BCUT2D eigenvalue weighted by Gasteiger charge is 2.18. The van der Waals surface area contributed by atoms with E-state index < -0.39 is 0 Å². The van der Waals surface area contributed by atoms with E-state index >= 15 is 0 Å². The molecule has 0 saturated heterocycles. The number of benzene rings is 2.